The van der Waals surface area contributed by atoms with Crippen LogP contribution in [0.1, 0.15) is 22.6 Å². The first kappa shape index (κ1) is 16.4. The van der Waals surface area contributed by atoms with Crippen molar-refractivity contribution in [1.82, 2.24) is 40.4 Å². The second-order valence-corrected chi connectivity index (χ2v) is 6.76. The summed E-state index contributed by atoms with van der Waals surface area (Å²) in [6.07, 6.45) is 0.795. The lowest BCUT2D eigenvalue weighted by Gasteiger charge is -2.08. The first-order chi connectivity index (χ1) is 13.7. The molecular weight excluding hydrogens is 352 g/mol. The van der Waals surface area contributed by atoms with Crippen LogP contribution >= 0.6 is 0 Å². The molecule has 3 heterocycles. The number of H-pyrrole nitrogens is 2. The van der Waals surface area contributed by atoms with Gasteiger partial charge in [0.05, 0.1) is 0 Å². The molecule has 0 bridgehead atoms. The molecular formula is C20H18N8. The molecule has 0 saturated heterocycles. The molecule has 0 aliphatic rings. The van der Waals surface area contributed by atoms with Gasteiger partial charge in [-0.15, -0.1) is 15.3 Å². The maximum Gasteiger partial charge on any atom is 0.205 e. The van der Waals surface area contributed by atoms with Gasteiger partial charge in [-0.2, -0.15) is 9.84 Å². The van der Waals surface area contributed by atoms with Crippen LogP contribution in [0.5, 0.6) is 0 Å². The van der Waals surface area contributed by atoms with Crippen molar-refractivity contribution in [1.29, 1.82) is 0 Å². The van der Waals surface area contributed by atoms with E-state index in [-0.39, 0.29) is 0 Å². The first-order valence-corrected chi connectivity index (χ1v) is 9.02. The Balaban J connectivity index is 1.48. The minimum Gasteiger partial charge on any atom is -0.280 e. The van der Waals surface area contributed by atoms with Crippen molar-refractivity contribution in [3.05, 3.63) is 71.2 Å². The zero-order chi connectivity index (χ0) is 19.1. The van der Waals surface area contributed by atoms with Gasteiger partial charge in [0.15, 0.2) is 5.65 Å². The van der Waals surface area contributed by atoms with Gasteiger partial charge >= 0.3 is 0 Å². The largest absolute Gasteiger partial charge is 0.280 e. The number of rotatable bonds is 4. The number of hydrogen-bond donors (Lipinski definition) is 2. The Bertz CT molecular complexity index is 1250. The van der Waals surface area contributed by atoms with Crippen LogP contribution in [0.25, 0.3) is 28.2 Å². The number of aromatic amines is 2. The third-order valence-electron chi connectivity index (χ3n) is 4.87. The van der Waals surface area contributed by atoms with Crippen LogP contribution in [-0.4, -0.2) is 40.4 Å². The lowest BCUT2D eigenvalue weighted by molar-refractivity contribution is 0.793. The Morgan fingerprint density at radius 1 is 0.964 bits per heavy atom. The van der Waals surface area contributed by atoms with Crippen molar-refractivity contribution in [3.63, 3.8) is 0 Å². The fraction of sp³-hybridized carbons (Fsp3) is 0.150. The van der Waals surface area contributed by atoms with Gasteiger partial charge in [0.25, 0.3) is 0 Å². The molecule has 8 heteroatoms. The molecule has 5 rings (SSSR count). The van der Waals surface area contributed by atoms with Crippen LogP contribution < -0.4 is 0 Å². The third kappa shape index (κ3) is 2.75. The average molecular weight is 370 g/mol. The van der Waals surface area contributed by atoms with Gasteiger partial charge in [-0.3, -0.25) is 5.10 Å². The molecule has 0 unspecified atom stereocenters. The van der Waals surface area contributed by atoms with Crippen molar-refractivity contribution >= 4 is 5.65 Å². The first-order valence-electron chi connectivity index (χ1n) is 9.02. The van der Waals surface area contributed by atoms with Crippen molar-refractivity contribution in [2.45, 2.75) is 20.3 Å². The number of aromatic nitrogens is 8. The monoisotopic (exact) mass is 370 g/mol. The predicted molar refractivity (Wildman–Crippen MR) is 105 cm³/mol. The van der Waals surface area contributed by atoms with Gasteiger partial charge < -0.3 is 0 Å². The molecule has 0 aliphatic carbocycles. The normalized spacial score (nSPS) is 11.4. The number of nitrogens with zero attached hydrogens (tertiary/aromatic N) is 6. The minimum atomic E-state index is 0.590. The number of fused-ring (bicyclic) bond motifs is 1. The summed E-state index contributed by atoms with van der Waals surface area (Å²) in [5.74, 6) is 1.35. The Hall–Kier alpha value is -3.81. The summed E-state index contributed by atoms with van der Waals surface area (Å²) in [5, 5.41) is 22.0. The molecule has 8 nitrogen and oxygen atoms in total. The summed E-state index contributed by atoms with van der Waals surface area (Å²) in [4.78, 5) is 4.53. The highest BCUT2D eigenvalue weighted by Gasteiger charge is 2.14. The van der Waals surface area contributed by atoms with Crippen molar-refractivity contribution < 1.29 is 0 Å². The van der Waals surface area contributed by atoms with E-state index in [1.54, 1.807) is 4.63 Å². The van der Waals surface area contributed by atoms with Crippen LogP contribution in [0, 0.1) is 13.8 Å². The minimum absolute atomic E-state index is 0.590. The van der Waals surface area contributed by atoms with Crippen LogP contribution in [0.2, 0.25) is 0 Å². The second-order valence-electron chi connectivity index (χ2n) is 6.76. The fourth-order valence-corrected chi connectivity index (χ4v) is 3.51. The maximum absolute atomic E-state index is 4.53. The lowest BCUT2D eigenvalue weighted by Crippen LogP contribution is -1.92. The van der Waals surface area contributed by atoms with E-state index in [4.69, 9.17) is 0 Å². The Morgan fingerprint density at radius 2 is 1.75 bits per heavy atom. The topological polar surface area (TPSA) is 100 Å². The highest BCUT2D eigenvalue weighted by molar-refractivity contribution is 5.80. The van der Waals surface area contributed by atoms with Crippen molar-refractivity contribution in [3.8, 4) is 22.5 Å². The predicted octanol–water partition coefficient (Wildman–Crippen LogP) is 3.11. The summed E-state index contributed by atoms with van der Waals surface area (Å²) in [7, 11) is 0. The summed E-state index contributed by atoms with van der Waals surface area (Å²) in [6, 6.07) is 16.6. The molecule has 0 fully saturated rings. The molecule has 2 N–H and O–H groups in total. The molecule has 3 aromatic heterocycles. The van der Waals surface area contributed by atoms with E-state index in [0.29, 0.717) is 5.82 Å². The fourth-order valence-electron chi connectivity index (χ4n) is 3.51. The van der Waals surface area contributed by atoms with E-state index in [1.165, 1.54) is 11.1 Å². The second kappa shape index (κ2) is 6.41. The average Bonchev–Trinajstić information content (AvgIpc) is 3.41. The quantitative estimate of drug-likeness (QED) is 0.506. The van der Waals surface area contributed by atoms with Crippen molar-refractivity contribution in [2.24, 2.45) is 0 Å². The summed E-state index contributed by atoms with van der Waals surface area (Å²) in [6.45, 7) is 3.95. The van der Waals surface area contributed by atoms with Gasteiger partial charge in [-0.25, -0.2) is 4.98 Å². The van der Waals surface area contributed by atoms with Gasteiger partial charge in [-0.05, 0) is 35.8 Å². The van der Waals surface area contributed by atoms with Gasteiger partial charge in [0.1, 0.15) is 5.82 Å². The summed E-state index contributed by atoms with van der Waals surface area (Å²) < 4.78 is 1.75. The summed E-state index contributed by atoms with van der Waals surface area (Å²) in [5.41, 5.74) is 7.49. The molecule has 0 radical (unpaired) electrons. The number of nitrogens with one attached hydrogen (secondary N) is 2. The number of benzene rings is 2. The Morgan fingerprint density at radius 3 is 2.50 bits per heavy atom. The SMILES string of the molecule is Cc1nc2c(Cc3ccc(-c4ccccc4-c4nn[nH]n4)cc3)c(C)[nH]n2n1. The van der Waals surface area contributed by atoms with E-state index in [2.05, 4.69) is 73.1 Å². The van der Waals surface area contributed by atoms with E-state index in [1.807, 2.05) is 25.1 Å². The van der Waals surface area contributed by atoms with E-state index < -0.39 is 0 Å². The molecule has 5 aromatic rings. The molecule has 0 spiro atoms. The number of aryl methyl sites for hydroxylation is 2. The molecule has 2 aromatic carbocycles. The maximum atomic E-state index is 4.53. The Labute approximate surface area is 160 Å². The number of hydrogen-bond acceptors (Lipinski definition) is 5. The molecule has 0 amide bonds. The zero-order valence-electron chi connectivity index (χ0n) is 15.5. The van der Waals surface area contributed by atoms with Crippen LogP contribution in [-0.2, 0) is 6.42 Å². The van der Waals surface area contributed by atoms with Gasteiger partial charge in [-0.1, -0.05) is 48.5 Å². The van der Waals surface area contributed by atoms with Crippen LogP contribution in [0.15, 0.2) is 48.5 Å². The zero-order valence-corrected chi connectivity index (χ0v) is 15.5. The molecule has 0 atom stereocenters. The van der Waals surface area contributed by atoms with Crippen LogP contribution in [0.4, 0.5) is 0 Å². The third-order valence-corrected chi connectivity index (χ3v) is 4.87. The van der Waals surface area contributed by atoms with Crippen molar-refractivity contribution in [2.75, 3.05) is 0 Å². The van der Waals surface area contributed by atoms with Gasteiger partial charge in [0, 0.05) is 23.2 Å². The standard InChI is InChI=1S/C20H18N8/c1-12-18(20-21-13(2)25-28(20)24-12)11-14-7-9-15(10-8-14)16-5-3-4-6-17(16)19-22-26-27-23-19/h3-10,24H,11H2,1-2H3,(H,22,23,26,27). The molecule has 0 saturated carbocycles. The van der Waals surface area contributed by atoms with Gasteiger partial charge in [0.2, 0.25) is 5.82 Å². The molecule has 28 heavy (non-hydrogen) atoms. The highest BCUT2D eigenvalue weighted by Crippen LogP contribution is 2.30. The molecule has 0 aliphatic heterocycles. The van der Waals surface area contributed by atoms with E-state index >= 15 is 0 Å². The number of tetrazole rings is 1. The van der Waals surface area contributed by atoms with Crippen LogP contribution in [0.3, 0.4) is 0 Å². The summed E-state index contributed by atoms with van der Waals surface area (Å²) >= 11 is 0. The lowest BCUT2D eigenvalue weighted by atomic mass is 9.97. The smallest absolute Gasteiger partial charge is 0.205 e. The van der Waals surface area contributed by atoms with E-state index in [0.717, 1.165) is 40.3 Å². The molecule has 138 valence electrons. The van der Waals surface area contributed by atoms with E-state index in [9.17, 15) is 0 Å². The Kier molecular flexibility index (Phi) is 3.75. The highest BCUT2D eigenvalue weighted by atomic mass is 15.5.